The molecule has 0 fully saturated rings. The highest BCUT2D eigenvalue weighted by atomic mass is 35.5. The van der Waals surface area contributed by atoms with Crippen molar-refractivity contribution >= 4 is 27.6 Å². The lowest BCUT2D eigenvalue weighted by Crippen LogP contribution is -2.30. The molecule has 1 rings (SSSR count). The van der Waals surface area contributed by atoms with Crippen LogP contribution in [0.1, 0.15) is 5.56 Å². The number of sulfonamides is 1. The molecule has 0 unspecified atom stereocenters. The molecule has 0 spiro atoms. The molecule has 0 aliphatic heterocycles. The Hall–Kier alpha value is -1.11. The molecular weight excluding hydrogens is 266 g/mol. The highest BCUT2D eigenvalue weighted by Crippen LogP contribution is 2.22. The van der Waals surface area contributed by atoms with Crippen LogP contribution in [-0.2, 0) is 19.6 Å². The molecule has 0 saturated carbocycles. The molecule has 0 saturated heterocycles. The van der Waals surface area contributed by atoms with Gasteiger partial charge < -0.3 is 4.74 Å². The van der Waals surface area contributed by atoms with Gasteiger partial charge in [-0.3, -0.25) is 4.79 Å². The van der Waals surface area contributed by atoms with Crippen molar-refractivity contribution in [1.29, 1.82) is 0 Å². The summed E-state index contributed by atoms with van der Waals surface area (Å²) in [7, 11) is -2.57. The number of rotatable bonds is 4. The van der Waals surface area contributed by atoms with Crippen LogP contribution in [0.25, 0.3) is 0 Å². The molecule has 1 aromatic rings. The fourth-order valence-corrected chi connectivity index (χ4v) is 2.65. The van der Waals surface area contributed by atoms with Crippen LogP contribution >= 0.6 is 11.6 Å². The minimum absolute atomic E-state index is 0.0499. The monoisotopic (exact) mass is 277 g/mol. The van der Waals surface area contributed by atoms with Crippen LogP contribution in [0.15, 0.2) is 23.1 Å². The Bertz CT molecular complexity index is 527. The molecule has 1 aromatic carbocycles. The van der Waals surface area contributed by atoms with E-state index >= 15 is 0 Å². The third-order valence-electron chi connectivity index (χ3n) is 2.14. The average molecular weight is 278 g/mol. The van der Waals surface area contributed by atoms with Crippen LogP contribution < -0.4 is 4.72 Å². The summed E-state index contributed by atoms with van der Waals surface area (Å²) < 4.78 is 30.2. The molecule has 0 atom stereocenters. The lowest BCUT2D eigenvalue weighted by atomic mass is 10.2. The summed E-state index contributed by atoms with van der Waals surface area (Å²) in [5, 5.41) is 0.353. The van der Waals surface area contributed by atoms with Gasteiger partial charge in [0.05, 0.1) is 12.0 Å². The molecule has 94 valence electrons. The van der Waals surface area contributed by atoms with Gasteiger partial charge in [-0.15, -0.1) is 0 Å². The summed E-state index contributed by atoms with van der Waals surface area (Å²) in [6.07, 6.45) is 0. The number of hydrogen-bond acceptors (Lipinski definition) is 4. The number of nitrogens with one attached hydrogen (secondary N) is 1. The molecule has 0 radical (unpaired) electrons. The van der Waals surface area contributed by atoms with Gasteiger partial charge in [-0.25, -0.2) is 8.42 Å². The molecule has 17 heavy (non-hydrogen) atoms. The number of halogens is 1. The van der Waals surface area contributed by atoms with Crippen LogP contribution in [0.4, 0.5) is 0 Å². The first-order valence-electron chi connectivity index (χ1n) is 4.70. The smallest absolute Gasteiger partial charge is 0.320 e. The van der Waals surface area contributed by atoms with Gasteiger partial charge in [-0.1, -0.05) is 17.7 Å². The average Bonchev–Trinajstić information content (AvgIpc) is 2.29. The first-order chi connectivity index (χ1) is 7.88. The number of carbonyl (C=O) groups excluding carboxylic acids is 1. The Morgan fingerprint density at radius 1 is 1.47 bits per heavy atom. The topological polar surface area (TPSA) is 72.5 Å². The van der Waals surface area contributed by atoms with Crippen LogP contribution in [-0.4, -0.2) is 28.0 Å². The maximum Gasteiger partial charge on any atom is 0.320 e. The predicted molar refractivity (Wildman–Crippen MR) is 63.4 cm³/mol. The molecule has 0 aromatic heterocycles. The second-order valence-corrected chi connectivity index (χ2v) is 5.41. The first kappa shape index (κ1) is 14.0. The first-order valence-corrected chi connectivity index (χ1v) is 6.56. The van der Waals surface area contributed by atoms with Crippen LogP contribution in [0, 0.1) is 6.92 Å². The van der Waals surface area contributed by atoms with E-state index in [-0.39, 0.29) is 4.90 Å². The number of methoxy groups -OCH3 is 1. The van der Waals surface area contributed by atoms with Crippen molar-refractivity contribution < 1.29 is 17.9 Å². The molecular formula is C10H12ClNO4S. The fraction of sp³-hybridized carbons (Fsp3) is 0.300. The van der Waals surface area contributed by atoms with E-state index in [0.717, 1.165) is 0 Å². The van der Waals surface area contributed by atoms with Crippen LogP contribution in [0.2, 0.25) is 5.02 Å². The molecule has 5 nitrogen and oxygen atoms in total. The van der Waals surface area contributed by atoms with Crippen molar-refractivity contribution in [2.45, 2.75) is 11.8 Å². The highest BCUT2D eigenvalue weighted by molar-refractivity contribution is 7.89. The normalized spacial score (nSPS) is 11.2. The van der Waals surface area contributed by atoms with Gasteiger partial charge in [-0.05, 0) is 24.6 Å². The summed E-state index contributed by atoms with van der Waals surface area (Å²) in [6, 6.07) is 4.54. The largest absolute Gasteiger partial charge is 0.468 e. The van der Waals surface area contributed by atoms with Crippen LogP contribution in [0.5, 0.6) is 0 Å². The predicted octanol–water partition coefficient (Wildman–Crippen LogP) is 1.10. The maximum atomic E-state index is 11.8. The Labute approximate surface area is 105 Å². The number of ether oxygens (including phenoxy) is 1. The van der Waals surface area contributed by atoms with Crippen LogP contribution in [0.3, 0.4) is 0 Å². The van der Waals surface area contributed by atoms with Gasteiger partial charge in [0.15, 0.2) is 0 Å². The Morgan fingerprint density at radius 2 is 2.12 bits per heavy atom. The van der Waals surface area contributed by atoms with Crippen molar-refractivity contribution in [3.8, 4) is 0 Å². The summed E-state index contributed by atoms with van der Waals surface area (Å²) in [6.45, 7) is 1.18. The number of hydrogen-bond donors (Lipinski definition) is 1. The van der Waals surface area contributed by atoms with Crippen molar-refractivity contribution in [3.63, 3.8) is 0 Å². The van der Waals surface area contributed by atoms with E-state index in [0.29, 0.717) is 10.6 Å². The van der Waals surface area contributed by atoms with Gasteiger partial charge in [0.2, 0.25) is 10.0 Å². The second kappa shape index (κ2) is 5.48. The minimum Gasteiger partial charge on any atom is -0.468 e. The summed E-state index contributed by atoms with van der Waals surface area (Å²) >= 11 is 5.83. The number of carbonyl (C=O) groups is 1. The molecule has 0 amide bonds. The van der Waals surface area contributed by atoms with Crippen molar-refractivity contribution in [1.82, 2.24) is 4.72 Å². The molecule has 0 bridgehead atoms. The third-order valence-corrected chi connectivity index (χ3v) is 4.10. The van der Waals surface area contributed by atoms with E-state index < -0.39 is 22.5 Å². The SMILES string of the molecule is COC(=O)CNS(=O)(=O)c1cccc(Cl)c1C. The van der Waals surface area contributed by atoms with E-state index in [1.807, 2.05) is 0 Å². The zero-order chi connectivity index (χ0) is 13.1. The van der Waals surface area contributed by atoms with E-state index in [2.05, 4.69) is 9.46 Å². The molecule has 0 aliphatic rings. The highest BCUT2D eigenvalue weighted by Gasteiger charge is 2.18. The zero-order valence-corrected chi connectivity index (χ0v) is 10.9. The third kappa shape index (κ3) is 3.42. The standard InChI is InChI=1S/C10H12ClNO4S/c1-7-8(11)4-3-5-9(7)17(14,15)12-6-10(13)16-2/h3-5,12H,6H2,1-2H3. The quantitative estimate of drug-likeness (QED) is 0.837. The van der Waals surface area contributed by atoms with Gasteiger partial charge in [-0.2, -0.15) is 4.72 Å². The lowest BCUT2D eigenvalue weighted by Gasteiger charge is -2.09. The molecule has 0 heterocycles. The lowest BCUT2D eigenvalue weighted by molar-refractivity contribution is -0.139. The van der Waals surface area contributed by atoms with E-state index in [1.54, 1.807) is 13.0 Å². The van der Waals surface area contributed by atoms with Gasteiger partial charge in [0.25, 0.3) is 0 Å². The van der Waals surface area contributed by atoms with E-state index in [4.69, 9.17) is 11.6 Å². The molecule has 7 heteroatoms. The van der Waals surface area contributed by atoms with E-state index in [1.165, 1.54) is 19.2 Å². The molecule has 0 aliphatic carbocycles. The minimum atomic E-state index is -3.75. The molecule has 1 N–H and O–H groups in total. The van der Waals surface area contributed by atoms with Gasteiger partial charge in [0.1, 0.15) is 6.54 Å². The summed E-state index contributed by atoms with van der Waals surface area (Å²) in [5.74, 6) is -0.659. The van der Waals surface area contributed by atoms with Crippen molar-refractivity contribution in [3.05, 3.63) is 28.8 Å². The number of benzene rings is 1. The van der Waals surface area contributed by atoms with Gasteiger partial charge >= 0.3 is 5.97 Å². The van der Waals surface area contributed by atoms with Crippen molar-refractivity contribution in [2.75, 3.05) is 13.7 Å². The number of esters is 1. The maximum absolute atomic E-state index is 11.8. The zero-order valence-electron chi connectivity index (χ0n) is 9.36. The second-order valence-electron chi connectivity index (χ2n) is 3.26. The Kier molecular flexibility index (Phi) is 4.50. The summed E-state index contributed by atoms with van der Waals surface area (Å²) in [4.78, 5) is 10.9. The Balaban J connectivity index is 2.98. The van der Waals surface area contributed by atoms with Gasteiger partial charge in [0, 0.05) is 5.02 Å². The van der Waals surface area contributed by atoms with E-state index in [9.17, 15) is 13.2 Å². The van der Waals surface area contributed by atoms with Crippen molar-refractivity contribution in [2.24, 2.45) is 0 Å². The summed E-state index contributed by atoms with van der Waals surface area (Å²) in [5.41, 5.74) is 0.437. The fourth-order valence-electron chi connectivity index (χ4n) is 1.18. The Morgan fingerprint density at radius 3 is 2.71 bits per heavy atom.